The van der Waals surface area contributed by atoms with E-state index in [9.17, 15) is 4.79 Å². The first kappa shape index (κ1) is 20.5. The molecule has 0 aromatic rings. The third-order valence-electron chi connectivity index (χ3n) is 7.01. The fraction of sp³-hybridized carbons (Fsp3) is 0.950. The Balaban J connectivity index is 1.25. The van der Waals surface area contributed by atoms with Crippen molar-refractivity contribution in [3.63, 3.8) is 0 Å². The van der Waals surface area contributed by atoms with Gasteiger partial charge in [-0.05, 0) is 45.2 Å². The van der Waals surface area contributed by atoms with Crippen LogP contribution in [0.3, 0.4) is 0 Å². The molecule has 4 fully saturated rings. The molecule has 4 heterocycles. The molecule has 4 rings (SSSR count). The van der Waals surface area contributed by atoms with E-state index in [1.807, 2.05) is 18.7 Å². The van der Waals surface area contributed by atoms with Crippen LogP contribution in [0.15, 0.2) is 0 Å². The Labute approximate surface area is 169 Å². The molecule has 0 aliphatic carbocycles. The zero-order valence-electron chi connectivity index (χ0n) is 17.6. The van der Waals surface area contributed by atoms with Gasteiger partial charge >= 0.3 is 0 Å². The standard InChI is InChI=1S/C20H38N6O2/c1-13(2)20(27)26-8-5-14(6-9-26)18-23-19(28-24-18)15-4-7-21-16(10-15)17-11-25(3)12-22-17/h13-19,21-24H,4-12H2,1-3H3. The first-order valence-electron chi connectivity index (χ1n) is 11.1. The Hall–Kier alpha value is -0.770. The molecule has 5 atom stereocenters. The van der Waals surface area contributed by atoms with Crippen molar-refractivity contribution in [3.05, 3.63) is 0 Å². The molecule has 0 aromatic heterocycles. The second kappa shape index (κ2) is 8.93. The molecule has 4 aliphatic rings. The van der Waals surface area contributed by atoms with Crippen LogP contribution in [0, 0.1) is 17.8 Å². The van der Waals surface area contributed by atoms with Gasteiger partial charge in [-0.3, -0.25) is 25.2 Å². The van der Waals surface area contributed by atoms with E-state index in [1.165, 1.54) is 0 Å². The lowest BCUT2D eigenvalue weighted by Crippen LogP contribution is -2.54. The van der Waals surface area contributed by atoms with Crippen molar-refractivity contribution >= 4 is 5.91 Å². The van der Waals surface area contributed by atoms with Crippen LogP contribution in [0.4, 0.5) is 0 Å². The number of likely N-dealkylation sites (tertiary alicyclic amines) is 1. The van der Waals surface area contributed by atoms with Gasteiger partial charge in [0.2, 0.25) is 5.91 Å². The van der Waals surface area contributed by atoms with Gasteiger partial charge in [0.05, 0.1) is 6.17 Å². The lowest BCUT2D eigenvalue weighted by molar-refractivity contribution is -0.136. The summed E-state index contributed by atoms with van der Waals surface area (Å²) in [6.07, 6.45) is 4.64. The molecule has 8 nitrogen and oxygen atoms in total. The summed E-state index contributed by atoms with van der Waals surface area (Å²) < 4.78 is 0. The molecule has 0 aromatic carbocycles. The minimum absolute atomic E-state index is 0.0871. The van der Waals surface area contributed by atoms with Gasteiger partial charge in [-0.2, -0.15) is 5.48 Å². The monoisotopic (exact) mass is 394 g/mol. The molecule has 160 valence electrons. The van der Waals surface area contributed by atoms with Gasteiger partial charge in [0.25, 0.3) is 0 Å². The number of nitrogens with zero attached hydrogens (tertiary/aromatic N) is 2. The Kier molecular flexibility index (Phi) is 6.54. The van der Waals surface area contributed by atoms with Crippen LogP contribution >= 0.6 is 0 Å². The fourth-order valence-electron chi connectivity index (χ4n) is 5.25. The Morgan fingerprint density at radius 1 is 1.07 bits per heavy atom. The molecule has 4 aliphatic heterocycles. The number of hydroxylamine groups is 1. The highest BCUT2D eigenvalue weighted by Crippen LogP contribution is 2.28. The van der Waals surface area contributed by atoms with Gasteiger partial charge < -0.3 is 10.2 Å². The summed E-state index contributed by atoms with van der Waals surface area (Å²) in [5.74, 6) is 1.42. The van der Waals surface area contributed by atoms with Crippen LogP contribution in [0.2, 0.25) is 0 Å². The molecule has 5 unspecified atom stereocenters. The van der Waals surface area contributed by atoms with Crippen LogP contribution in [-0.4, -0.2) is 80.1 Å². The quantitative estimate of drug-likeness (QED) is 0.530. The van der Waals surface area contributed by atoms with E-state index < -0.39 is 0 Å². The van der Waals surface area contributed by atoms with E-state index in [-0.39, 0.29) is 24.2 Å². The van der Waals surface area contributed by atoms with Gasteiger partial charge in [-0.1, -0.05) is 13.8 Å². The van der Waals surface area contributed by atoms with E-state index in [0.29, 0.717) is 23.9 Å². The van der Waals surface area contributed by atoms with Crippen LogP contribution in [0.25, 0.3) is 0 Å². The van der Waals surface area contributed by atoms with Crippen LogP contribution in [-0.2, 0) is 9.63 Å². The Bertz CT molecular complexity index is 539. The van der Waals surface area contributed by atoms with Crippen LogP contribution < -0.4 is 21.4 Å². The number of hydrogen-bond donors (Lipinski definition) is 4. The largest absolute Gasteiger partial charge is 0.342 e. The molecule has 1 amide bonds. The number of amides is 1. The molecule has 0 radical (unpaired) electrons. The minimum atomic E-state index is 0.0871. The second-order valence-corrected chi connectivity index (χ2v) is 9.47. The van der Waals surface area contributed by atoms with Gasteiger partial charge in [0.1, 0.15) is 6.23 Å². The van der Waals surface area contributed by atoms with Crippen molar-refractivity contribution in [2.45, 2.75) is 64.0 Å². The number of hydrogen-bond acceptors (Lipinski definition) is 7. The molecule has 0 bridgehead atoms. The predicted molar refractivity (Wildman–Crippen MR) is 108 cm³/mol. The maximum Gasteiger partial charge on any atom is 0.225 e. The summed E-state index contributed by atoms with van der Waals surface area (Å²) in [4.78, 5) is 22.6. The highest BCUT2D eigenvalue weighted by molar-refractivity contribution is 5.78. The number of carbonyl (C=O) groups is 1. The van der Waals surface area contributed by atoms with Gasteiger partial charge in [0.15, 0.2) is 0 Å². The maximum atomic E-state index is 12.2. The smallest absolute Gasteiger partial charge is 0.225 e. The first-order chi connectivity index (χ1) is 13.5. The van der Waals surface area contributed by atoms with Gasteiger partial charge in [-0.25, -0.2) is 0 Å². The van der Waals surface area contributed by atoms with Crippen molar-refractivity contribution in [1.29, 1.82) is 0 Å². The molecule has 28 heavy (non-hydrogen) atoms. The van der Waals surface area contributed by atoms with Gasteiger partial charge in [0, 0.05) is 50.2 Å². The second-order valence-electron chi connectivity index (χ2n) is 9.47. The third kappa shape index (κ3) is 4.52. The lowest BCUT2D eigenvalue weighted by Gasteiger charge is -2.37. The number of nitrogens with one attached hydrogen (secondary N) is 4. The number of rotatable bonds is 4. The van der Waals surface area contributed by atoms with E-state index in [2.05, 4.69) is 33.4 Å². The van der Waals surface area contributed by atoms with Crippen molar-refractivity contribution in [3.8, 4) is 0 Å². The molecule has 4 N–H and O–H groups in total. The van der Waals surface area contributed by atoms with Crippen LogP contribution in [0.5, 0.6) is 0 Å². The number of piperidine rings is 2. The average molecular weight is 395 g/mol. The lowest BCUT2D eigenvalue weighted by atomic mass is 9.87. The molecular formula is C20H38N6O2. The number of likely N-dealkylation sites (N-methyl/N-ethyl adjacent to an activating group) is 1. The van der Waals surface area contributed by atoms with E-state index >= 15 is 0 Å². The Morgan fingerprint density at radius 2 is 1.86 bits per heavy atom. The average Bonchev–Trinajstić information content (AvgIpc) is 3.37. The molecule has 0 spiro atoms. The summed E-state index contributed by atoms with van der Waals surface area (Å²) in [6.45, 7) is 8.84. The summed E-state index contributed by atoms with van der Waals surface area (Å²) in [5, 5.41) is 11.0. The Morgan fingerprint density at radius 3 is 2.54 bits per heavy atom. The molecule has 8 heteroatoms. The van der Waals surface area contributed by atoms with Crippen molar-refractivity contribution < 1.29 is 9.63 Å². The fourth-order valence-corrected chi connectivity index (χ4v) is 5.25. The summed E-state index contributed by atoms with van der Waals surface area (Å²) in [6, 6.07) is 1.04. The summed E-state index contributed by atoms with van der Waals surface area (Å²) in [7, 11) is 2.17. The SMILES string of the molecule is CC(C)C(=O)N1CCC(C2NOC(C3CCNC(C4CN(C)CN4)C3)N2)CC1. The van der Waals surface area contributed by atoms with Crippen molar-refractivity contribution in [2.75, 3.05) is 39.9 Å². The predicted octanol–water partition coefficient (Wildman–Crippen LogP) is -0.113. The zero-order chi connectivity index (χ0) is 19.7. The summed E-state index contributed by atoms with van der Waals surface area (Å²) >= 11 is 0. The van der Waals surface area contributed by atoms with Crippen molar-refractivity contribution in [1.82, 2.24) is 31.2 Å². The number of carbonyl (C=O) groups excluding carboxylic acids is 1. The molecular weight excluding hydrogens is 356 g/mol. The summed E-state index contributed by atoms with van der Waals surface area (Å²) in [5.41, 5.74) is 3.27. The zero-order valence-corrected chi connectivity index (χ0v) is 17.6. The third-order valence-corrected chi connectivity index (χ3v) is 7.01. The van der Waals surface area contributed by atoms with E-state index in [0.717, 1.165) is 58.5 Å². The van der Waals surface area contributed by atoms with Gasteiger partial charge in [-0.15, -0.1) is 0 Å². The highest BCUT2D eigenvalue weighted by Gasteiger charge is 2.40. The highest BCUT2D eigenvalue weighted by atomic mass is 16.7. The van der Waals surface area contributed by atoms with Crippen molar-refractivity contribution in [2.24, 2.45) is 17.8 Å². The first-order valence-corrected chi connectivity index (χ1v) is 11.1. The van der Waals surface area contributed by atoms with E-state index in [4.69, 9.17) is 4.84 Å². The van der Waals surface area contributed by atoms with E-state index in [1.54, 1.807) is 0 Å². The topological polar surface area (TPSA) is 80.9 Å². The molecule has 0 saturated carbocycles. The maximum absolute atomic E-state index is 12.2. The normalized spacial score (nSPS) is 38.4. The van der Waals surface area contributed by atoms with Crippen LogP contribution in [0.1, 0.15) is 39.5 Å². The molecule has 4 saturated heterocycles. The minimum Gasteiger partial charge on any atom is -0.342 e.